The number of aliphatic carboxylic acids is 2. The molecule has 2 aliphatic carbocycles. The Bertz CT molecular complexity index is 1060. The van der Waals surface area contributed by atoms with Gasteiger partial charge in [0.2, 0.25) is 0 Å². The predicted molar refractivity (Wildman–Crippen MR) is 132 cm³/mol. The Morgan fingerprint density at radius 3 is 1.31 bits per heavy atom. The first-order chi connectivity index (χ1) is 16.6. The molecule has 192 valence electrons. The van der Waals surface area contributed by atoms with Crippen LogP contribution in [0.5, 0.6) is 0 Å². The van der Waals surface area contributed by atoms with Gasteiger partial charge in [-0.2, -0.15) is 0 Å². The molecule has 0 aromatic rings. The van der Waals surface area contributed by atoms with Gasteiger partial charge in [-0.3, -0.25) is 28.8 Å². The minimum absolute atomic E-state index is 0.0791. The lowest BCUT2D eigenvalue weighted by molar-refractivity contribution is -0.148. The van der Waals surface area contributed by atoms with Gasteiger partial charge < -0.3 is 10.2 Å². The van der Waals surface area contributed by atoms with E-state index in [0.717, 1.165) is 12.2 Å². The number of hydrogen-bond acceptors (Lipinski definition) is 6. The lowest BCUT2D eigenvalue weighted by Crippen LogP contribution is -2.23. The molecule has 2 aliphatic rings. The summed E-state index contributed by atoms with van der Waals surface area (Å²) in [6.07, 6.45) is 9.42. The summed E-state index contributed by atoms with van der Waals surface area (Å²) in [5.41, 5.74) is -1.20. The topological polar surface area (TPSA) is 143 Å². The first-order valence-corrected chi connectivity index (χ1v) is 11.8. The van der Waals surface area contributed by atoms with E-state index in [1.165, 1.54) is 24.3 Å². The maximum Gasteiger partial charge on any atom is 0.309 e. The molecule has 0 radical (unpaired) electrons. The van der Waals surface area contributed by atoms with Crippen LogP contribution in [0.1, 0.15) is 66.2 Å². The molecule has 0 heterocycles. The Morgan fingerprint density at radius 2 is 1.00 bits per heavy atom. The molecule has 0 saturated heterocycles. The molecule has 8 heteroatoms. The van der Waals surface area contributed by atoms with E-state index in [1.807, 2.05) is 0 Å². The lowest BCUT2D eigenvalue weighted by Gasteiger charge is -2.19. The van der Waals surface area contributed by atoms with E-state index >= 15 is 0 Å². The van der Waals surface area contributed by atoms with E-state index in [9.17, 15) is 39.0 Å². The SMILES string of the molecule is CC(C)(CCCC1=CC(=O)C=C(/C=C/C2=CC(=O)C=C(CCCC(C)(C)C(=O)O)C2=O)C1=O)C(=O)O. The summed E-state index contributed by atoms with van der Waals surface area (Å²) in [6.45, 7) is 6.38. The number of rotatable bonds is 12. The Morgan fingerprint density at radius 1 is 0.667 bits per heavy atom. The number of hydrogen-bond donors (Lipinski definition) is 2. The van der Waals surface area contributed by atoms with E-state index < -0.39 is 22.8 Å². The molecule has 0 amide bonds. The van der Waals surface area contributed by atoms with Gasteiger partial charge in [0.1, 0.15) is 0 Å². The van der Waals surface area contributed by atoms with Crippen molar-refractivity contribution in [2.24, 2.45) is 10.8 Å². The van der Waals surface area contributed by atoms with Crippen molar-refractivity contribution in [3.05, 3.63) is 58.7 Å². The molecule has 0 aromatic carbocycles. The van der Waals surface area contributed by atoms with Crippen LogP contribution in [0.4, 0.5) is 0 Å². The maximum atomic E-state index is 12.8. The number of carboxylic acids is 2. The van der Waals surface area contributed by atoms with Gasteiger partial charge in [0.25, 0.3) is 0 Å². The highest BCUT2D eigenvalue weighted by Gasteiger charge is 2.29. The summed E-state index contributed by atoms with van der Waals surface area (Å²) in [5.74, 6) is -3.43. The molecule has 0 aromatic heterocycles. The lowest BCUT2D eigenvalue weighted by atomic mass is 9.84. The van der Waals surface area contributed by atoms with Crippen LogP contribution in [-0.4, -0.2) is 45.3 Å². The molecule has 0 spiro atoms. The zero-order valence-corrected chi connectivity index (χ0v) is 21.1. The number of Topliss-reactive ketones (excluding diaryl/α,β-unsaturated/α-hetero) is 2. The Balaban J connectivity index is 2.05. The van der Waals surface area contributed by atoms with E-state index in [0.29, 0.717) is 25.7 Å². The van der Waals surface area contributed by atoms with Gasteiger partial charge in [0, 0.05) is 22.3 Å². The highest BCUT2D eigenvalue weighted by Crippen LogP contribution is 2.28. The fourth-order valence-electron chi connectivity index (χ4n) is 3.82. The molecule has 8 nitrogen and oxygen atoms in total. The van der Waals surface area contributed by atoms with Crippen molar-refractivity contribution in [2.45, 2.75) is 66.2 Å². The number of carboxylic acid groups (broad SMARTS) is 2. The number of carbonyl (C=O) groups is 6. The second kappa shape index (κ2) is 11.4. The van der Waals surface area contributed by atoms with Crippen molar-refractivity contribution in [3.8, 4) is 0 Å². The maximum absolute atomic E-state index is 12.8. The highest BCUT2D eigenvalue weighted by molar-refractivity contribution is 6.23. The smallest absolute Gasteiger partial charge is 0.309 e. The summed E-state index contributed by atoms with van der Waals surface area (Å²) in [4.78, 5) is 72.5. The third kappa shape index (κ3) is 7.41. The quantitative estimate of drug-likeness (QED) is 0.384. The van der Waals surface area contributed by atoms with Gasteiger partial charge in [-0.05, 0) is 90.5 Å². The first-order valence-electron chi connectivity index (χ1n) is 11.8. The fraction of sp³-hybridized carbons (Fsp3) is 0.429. The average Bonchev–Trinajstić information content (AvgIpc) is 2.76. The van der Waals surface area contributed by atoms with Crippen LogP contribution < -0.4 is 0 Å². The van der Waals surface area contributed by atoms with E-state index in [-0.39, 0.29) is 58.3 Å². The molecule has 0 atom stereocenters. The van der Waals surface area contributed by atoms with Crippen molar-refractivity contribution >= 4 is 35.1 Å². The number of carbonyl (C=O) groups excluding carboxylic acids is 4. The summed E-state index contributed by atoms with van der Waals surface area (Å²) in [5, 5.41) is 18.5. The molecule has 2 rings (SSSR count). The van der Waals surface area contributed by atoms with Gasteiger partial charge in [-0.15, -0.1) is 0 Å². The monoisotopic (exact) mass is 496 g/mol. The molecule has 2 N–H and O–H groups in total. The van der Waals surface area contributed by atoms with Crippen LogP contribution in [0.2, 0.25) is 0 Å². The van der Waals surface area contributed by atoms with Crippen molar-refractivity contribution in [3.63, 3.8) is 0 Å². The molecule has 36 heavy (non-hydrogen) atoms. The Labute approximate surface area is 210 Å². The normalized spacial score (nSPS) is 17.1. The van der Waals surface area contributed by atoms with Crippen molar-refractivity contribution < 1.29 is 39.0 Å². The second-order valence-corrected chi connectivity index (χ2v) is 10.4. The molecule has 0 fully saturated rings. The van der Waals surface area contributed by atoms with Gasteiger partial charge in [0.05, 0.1) is 10.8 Å². The Kier molecular flexibility index (Phi) is 9.02. The molecule has 0 aliphatic heterocycles. The zero-order valence-electron chi connectivity index (χ0n) is 21.1. The van der Waals surface area contributed by atoms with Crippen LogP contribution >= 0.6 is 0 Å². The largest absolute Gasteiger partial charge is 0.481 e. The van der Waals surface area contributed by atoms with Crippen LogP contribution in [0, 0.1) is 10.8 Å². The van der Waals surface area contributed by atoms with E-state index in [4.69, 9.17) is 0 Å². The van der Waals surface area contributed by atoms with Gasteiger partial charge >= 0.3 is 11.9 Å². The second-order valence-electron chi connectivity index (χ2n) is 10.4. The molecular weight excluding hydrogens is 464 g/mol. The van der Waals surface area contributed by atoms with Gasteiger partial charge in [-0.25, -0.2) is 0 Å². The molecule has 0 bridgehead atoms. The standard InChI is InChI=1S/C28H32O8/c1-27(2,25(33)34)11-5-7-17-13-21(29)15-19(23(17)31)9-10-20-16-22(30)14-18(24(20)32)8-6-12-28(3,4)26(35)36/h9-10,13-16H,5-8,11-12H2,1-4H3,(H,33,34)(H,35,36)/b10-9+. The summed E-state index contributed by atoms with van der Waals surface area (Å²) in [7, 11) is 0. The van der Waals surface area contributed by atoms with Crippen molar-refractivity contribution in [1.82, 2.24) is 0 Å². The zero-order chi connectivity index (χ0) is 27.3. The van der Waals surface area contributed by atoms with Crippen LogP contribution in [0.3, 0.4) is 0 Å². The van der Waals surface area contributed by atoms with E-state index in [2.05, 4.69) is 0 Å². The van der Waals surface area contributed by atoms with Crippen molar-refractivity contribution in [1.29, 1.82) is 0 Å². The molecular formula is C28H32O8. The van der Waals surface area contributed by atoms with Crippen molar-refractivity contribution in [2.75, 3.05) is 0 Å². The average molecular weight is 497 g/mol. The third-order valence-electron chi connectivity index (χ3n) is 6.43. The third-order valence-corrected chi connectivity index (χ3v) is 6.43. The Hall–Kier alpha value is -3.68. The van der Waals surface area contributed by atoms with Crippen LogP contribution in [0.25, 0.3) is 0 Å². The minimum Gasteiger partial charge on any atom is -0.481 e. The fourth-order valence-corrected chi connectivity index (χ4v) is 3.82. The number of ketones is 4. The minimum atomic E-state index is -0.949. The van der Waals surface area contributed by atoms with Crippen LogP contribution in [0.15, 0.2) is 58.7 Å². The molecule has 0 unspecified atom stereocenters. The van der Waals surface area contributed by atoms with Crippen LogP contribution in [-0.2, 0) is 28.8 Å². The first kappa shape index (κ1) is 28.6. The highest BCUT2D eigenvalue weighted by atomic mass is 16.4. The summed E-state index contributed by atoms with van der Waals surface area (Å²) >= 11 is 0. The summed E-state index contributed by atoms with van der Waals surface area (Å²) in [6, 6.07) is 0. The van der Waals surface area contributed by atoms with Gasteiger partial charge in [0.15, 0.2) is 23.1 Å². The van der Waals surface area contributed by atoms with E-state index in [1.54, 1.807) is 27.7 Å². The predicted octanol–water partition coefficient (Wildman–Crippen LogP) is 4.11. The number of allylic oxidation sites excluding steroid dienone is 10. The van der Waals surface area contributed by atoms with Gasteiger partial charge in [-0.1, -0.05) is 12.2 Å². The summed E-state index contributed by atoms with van der Waals surface area (Å²) < 4.78 is 0. The molecule has 0 saturated carbocycles.